The van der Waals surface area contributed by atoms with Crippen LogP contribution in [0.2, 0.25) is 5.02 Å². The number of nitrogens with zero attached hydrogens (tertiary/aromatic N) is 1. The highest BCUT2D eigenvalue weighted by Gasteiger charge is 2.10. The number of anilines is 1. The molecule has 0 saturated carbocycles. The van der Waals surface area contributed by atoms with Gasteiger partial charge >= 0.3 is 0 Å². The molecule has 5 rings (SSSR count). The SMILES string of the molecule is Cc1ccc(-c2ccc(/C=C/C(=O)Nc3ccc4oc(-c5ccc(F)cc5)nc4c3)o2)cc1Cl. The maximum Gasteiger partial charge on any atom is 0.248 e. The monoisotopic (exact) mass is 472 g/mol. The van der Waals surface area contributed by atoms with E-state index >= 15 is 0 Å². The Morgan fingerprint density at radius 3 is 2.56 bits per heavy atom. The summed E-state index contributed by atoms with van der Waals surface area (Å²) in [6.07, 6.45) is 2.98. The highest BCUT2D eigenvalue weighted by molar-refractivity contribution is 6.31. The van der Waals surface area contributed by atoms with Crippen molar-refractivity contribution in [3.8, 4) is 22.8 Å². The first-order valence-electron chi connectivity index (χ1n) is 10.5. The number of nitrogens with one attached hydrogen (secondary N) is 1. The number of hydrogen-bond acceptors (Lipinski definition) is 4. The fourth-order valence-electron chi connectivity index (χ4n) is 3.41. The molecule has 0 unspecified atom stereocenters. The van der Waals surface area contributed by atoms with E-state index in [2.05, 4.69) is 10.3 Å². The molecular weight excluding hydrogens is 455 g/mol. The number of rotatable bonds is 5. The molecule has 0 saturated heterocycles. The fourth-order valence-corrected chi connectivity index (χ4v) is 3.59. The zero-order valence-electron chi connectivity index (χ0n) is 18.0. The number of furan rings is 1. The lowest BCUT2D eigenvalue weighted by atomic mass is 10.1. The molecule has 0 radical (unpaired) electrons. The van der Waals surface area contributed by atoms with Gasteiger partial charge in [-0.05, 0) is 79.2 Å². The quantitative estimate of drug-likeness (QED) is 0.269. The average molecular weight is 473 g/mol. The van der Waals surface area contributed by atoms with Crippen LogP contribution in [0.5, 0.6) is 0 Å². The van der Waals surface area contributed by atoms with Crippen LogP contribution in [0.15, 0.2) is 87.7 Å². The van der Waals surface area contributed by atoms with Gasteiger partial charge in [-0.2, -0.15) is 0 Å². The molecule has 5 nitrogen and oxygen atoms in total. The molecule has 168 valence electrons. The van der Waals surface area contributed by atoms with Gasteiger partial charge in [0.05, 0.1) is 0 Å². The zero-order chi connectivity index (χ0) is 23.7. The van der Waals surface area contributed by atoms with E-state index in [-0.39, 0.29) is 11.7 Å². The van der Waals surface area contributed by atoms with E-state index in [0.717, 1.165) is 11.1 Å². The predicted molar refractivity (Wildman–Crippen MR) is 131 cm³/mol. The van der Waals surface area contributed by atoms with Crippen LogP contribution >= 0.6 is 11.6 Å². The van der Waals surface area contributed by atoms with Crippen LogP contribution in [0.25, 0.3) is 40.0 Å². The van der Waals surface area contributed by atoms with Crippen molar-refractivity contribution in [1.82, 2.24) is 4.98 Å². The summed E-state index contributed by atoms with van der Waals surface area (Å²) in [6.45, 7) is 1.94. The van der Waals surface area contributed by atoms with Gasteiger partial charge in [0.1, 0.15) is 22.9 Å². The summed E-state index contributed by atoms with van der Waals surface area (Å²) in [5.41, 5.74) is 4.22. The summed E-state index contributed by atoms with van der Waals surface area (Å²) >= 11 is 6.19. The number of oxazole rings is 1. The predicted octanol–water partition coefficient (Wildman–Crippen LogP) is 7.51. The van der Waals surface area contributed by atoms with E-state index in [1.54, 1.807) is 42.5 Å². The Labute approximate surface area is 199 Å². The van der Waals surface area contributed by atoms with Crippen LogP contribution < -0.4 is 5.32 Å². The van der Waals surface area contributed by atoms with Gasteiger partial charge < -0.3 is 14.2 Å². The molecule has 3 aromatic carbocycles. The number of hydrogen-bond donors (Lipinski definition) is 1. The van der Waals surface area contributed by atoms with Gasteiger partial charge in [-0.15, -0.1) is 0 Å². The summed E-state index contributed by atoms with van der Waals surface area (Å²) in [5.74, 6) is 0.927. The molecule has 0 aliphatic rings. The highest BCUT2D eigenvalue weighted by atomic mass is 35.5. The first-order valence-corrected chi connectivity index (χ1v) is 10.8. The number of aryl methyl sites for hydroxylation is 1. The normalized spacial score (nSPS) is 11.4. The molecule has 0 aliphatic carbocycles. The van der Waals surface area contributed by atoms with Crippen LogP contribution in [0.1, 0.15) is 11.3 Å². The third kappa shape index (κ3) is 4.63. The van der Waals surface area contributed by atoms with Crippen LogP contribution in [-0.2, 0) is 4.79 Å². The largest absolute Gasteiger partial charge is 0.457 e. The lowest BCUT2D eigenvalue weighted by Gasteiger charge is -2.01. The lowest BCUT2D eigenvalue weighted by Crippen LogP contribution is -2.07. The van der Waals surface area contributed by atoms with Gasteiger partial charge in [0.2, 0.25) is 11.8 Å². The second-order valence-corrected chi connectivity index (χ2v) is 8.10. The second-order valence-electron chi connectivity index (χ2n) is 7.70. The number of carbonyl (C=O) groups excluding carboxylic acids is 1. The summed E-state index contributed by atoms with van der Waals surface area (Å²) in [4.78, 5) is 16.8. The van der Waals surface area contributed by atoms with Gasteiger partial charge in [-0.1, -0.05) is 23.7 Å². The van der Waals surface area contributed by atoms with E-state index < -0.39 is 0 Å². The molecule has 0 fully saturated rings. The summed E-state index contributed by atoms with van der Waals surface area (Å²) in [5, 5.41) is 3.46. The van der Waals surface area contributed by atoms with Gasteiger partial charge in [0.25, 0.3) is 0 Å². The van der Waals surface area contributed by atoms with Gasteiger partial charge in [-0.3, -0.25) is 4.79 Å². The van der Waals surface area contributed by atoms with Gasteiger partial charge in [0.15, 0.2) is 5.58 Å². The number of carbonyl (C=O) groups is 1. The Balaban J connectivity index is 1.27. The summed E-state index contributed by atoms with van der Waals surface area (Å²) in [6, 6.07) is 20.4. The van der Waals surface area contributed by atoms with Crippen molar-refractivity contribution in [2.75, 3.05) is 5.32 Å². The second kappa shape index (κ2) is 9.00. The van der Waals surface area contributed by atoms with Crippen molar-refractivity contribution in [2.24, 2.45) is 0 Å². The number of halogens is 2. The van der Waals surface area contributed by atoms with Crippen LogP contribution in [0, 0.1) is 12.7 Å². The van der Waals surface area contributed by atoms with E-state index in [1.807, 2.05) is 31.2 Å². The number of amides is 1. The summed E-state index contributed by atoms with van der Waals surface area (Å²) in [7, 11) is 0. The molecule has 1 N–H and O–H groups in total. The number of benzene rings is 3. The Hall–Kier alpha value is -4.16. The van der Waals surface area contributed by atoms with Crippen molar-refractivity contribution in [3.63, 3.8) is 0 Å². The van der Waals surface area contributed by atoms with Crippen molar-refractivity contribution in [3.05, 3.63) is 101 Å². The minimum Gasteiger partial charge on any atom is -0.457 e. The first-order chi connectivity index (χ1) is 16.4. The number of aromatic nitrogens is 1. The molecular formula is C27H18ClFN2O3. The molecule has 34 heavy (non-hydrogen) atoms. The zero-order valence-corrected chi connectivity index (χ0v) is 18.8. The van der Waals surface area contributed by atoms with Crippen molar-refractivity contribution < 1.29 is 18.0 Å². The van der Waals surface area contributed by atoms with Crippen LogP contribution in [0.4, 0.5) is 10.1 Å². The Morgan fingerprint density at radius 2 is 1.76 bits per heavy atom. The molecule has 7 heteroatoms. The molecule has 0 spiro atoms. The maximum atomic E-state index is 13.2. The van der Waals surface area contributed by atoms with E-state index in [0.29, 0.717) is 44.8 Å². The molecule has 2 aromatic heterocycles. The van der Waals surface area contributed by atoms with E-state index in [4.69, 9.17) is 20.4 Å². The molecule has 0 atom stereocenters. The molecule has 0 aliphatic heterocycles. The Kier molecular flexibility index (Phi) is 5.74. The first kappa shape index (κ1) is 21.7. The molecule has 0 bridgehead atoms. The Morgan fingerprint density at radius 1 is 0.971 bits per heavy atom. The molecule has 2 heterocycles. The Bertz CT molecular complexity index is 1530. The fraction of sp³-hybridized carbons (Fsp3) is 0.0370. The van der Waals surface area contributed by atoms with Crippen molar-refractivity contribution in [2.45, 2.75) is 6.92 Å². The topological polar surface area (TPSA) is 68.3 Å². The van der Waals surface area contributed by atoms with Crippen molar-refractivity contribution >= 4 is 40.4 Å². The lowest BCUT2D eigenvalue weighted by molar-refractivity contribution is -0.111. The van der Waals surface area contributed by atoms with E-state index in [1.165, 1.54) is 18.2 Å². The summed E-state index contributed by atoms with van der Waals surface area (Å²) < 4.78 is 24.7. The average Bonchev–Trinajstić information content (AvgIpc) is 3.47. The minimum absolute atomic E-state index is 0.321. The van der Waals surface area contributed by atoms with Crippen LogP contribution in [-0.4, -0.2) is 10.9 Å². The molecule has 1 amide bonds. The van der Waals surface area contributed by atoms with Crippen molar-refractivity contribution in [1.29, 1.82) is 0 Å². The van der Waals surface area contributed by atoms with Gasteiger partial charge in [0, 0.05) is 27.9 Å². The van der Waals surface area contributed by atoms with Crippen LogP contribution in [0.3, 0.4) is 0 Å². The minimum atomic E-state index is -0.330. The standard InChI is InChI=1S/C27H18ClFN2O3/c1-16-2-3-18(14-22(16)28)24-12-9-21(33-24)10-13-26(32)30-20-8-11-25-23(15-20)31-27(34-25)17-4-6-19(29)7-5-17/h2-15H,1H3,(H,30,32)/b13-10+. The third-order valence-corrected chi connectivity index (χ3v) is 5.64. The smallest absolute Gasteiger partial charge is 0.248 e. The van der Waals surface area contributed by atoms with Gasteiger partial charge in [-0.25, -0.2) is 9.37 Å². The highest BCUT2D eigenvalue weighted by Crippen LogP contribution is 2.28. The maximum absolute atomic E-state index is 13.2. The number of fused-ring (bicyclic) bond motifs is 1. The van der Waals surface area contributed by atoms with E-state index in [9.17, 15) is 9.18 Å². The molecule has 5 aromatic rings. The third-order valence-electron chi connectivity index (χ3n) is 5.23.